The monoisotopic (exact) mass is 569 g/mol. The molecule has 1 aromatic heterocycles. The number of aliphatic hydroxyl groups excluding tert-OH is 5. The van der Waals surface area contributed by atoms with Crippen molar-refractivity contribution in [2.75, 3.05) is 6.61 Å². The Labute approximate surface area is 224 Å². The quantitative estimate of drug-likeness (QED) is 0.200. The fraction of sp³-hybridized carbons (Fsp3) is 0.318. The van der Waals surface area contributed by atoms with Crippen molar-refractivity contribution in [1.82, 2.24) is 21.0 Å². The molecule has 2 heterocycles. The lowest BCUT2D eigenvalue weighted by atomic mass is 9.99. The summed E-state index contributed by atoms with van der Waals surface area (Å²) in [6.07, 6.45) is -6.62. The van der Waals surface area contributed by atoms with Crippen molar-refractivity contribution in [2.24, 2.45) is 4.99 Å². The maximum absolute atomic E-state index is 10.9. The first kappa shape index (κ1) is 27.3. The number of aliphatic hydroxyl groups is 5. The van der Waals surface area contributed by atoms with Crippen LogP contribution in [0.4, 0.5) is 5.69 Å². The highest BCUT2D eigenvalue weighted by molar-refractivity contribution is 8.25. The van der Waals surface area contributed by atoms with Crippen molar-refractivity contribution in [3.63, 3.8) is 0 Å². The maximum Gasteiger partial charge on any atom is 0.177 e. The highest BCUT2D eigenvalue weighted by Crippen LogP contribution is 2.41. The maximum atomic E-state index is 10.9. The van der Waals surface area contributed by atoms with E-state index in [1.54, 1.807) is 6.07 Å². The van der Waals surface area contributed by atoms with Gasteiger partial charge in [-0.3, -0.25) is 5.43 Å². The number of hydrogen-bond acceptors (Lipinski definition) is 12. The van der Waals surface area contributed by atoms with Gasteiger partial charge in [0.1, 0.15) is 29.4 Å². The molecule has 1 aliphatic rings. The van der Waals surface area contributed by atoms with Crippen LogP contribution in [0.15, 0.2) is 63.9 Å². The lowest BCUT2D eigenvalue weighted by Gasteiger charge is -2.38. The van der Waals surface area contributed by atoms with E-state index in [4.69, 9.17) is 16.7 Å². The summed E-state index contributed by atoms with van der Waals surface area (Å²) in [5, 5.41) is 60.5. The van der Waals surface area contributed by atoms with Gasteiger partial charge in [0.25, 0.3) is 0 Å². The van der Waals surface area contributed by atoms with Gasteiger partial charge < -0.3 is 25.5 Å². The van der Waals surface area contributed by atoms with Gasteiger partial charge in [0.15, 0.2) is 9.51 Å². The van der Waals surface area contributed by atoms with Crippen LogP contribution in [0.3, 0.4) is 0 Å². The van der Waals surface area contributed by atoms with Crippen LogP contribution in [0.25, 0.3) is 10.6 Å². The molecule has 14 heteroatoms. The number of hydrazine groups is 1. The van der Waals surface area contributed by atoms with Gasteiger partial charge in [0.2, 0.25) is 0 Å². The Morgan fingerprint density at radius 1 is 1.00 bits per heavy atom. The second-order valence-corrected chi connectivity index (χ2v) is 11.9. The standard InChI is InChI=1S/C22H24ClN5O5S3/c23-13-9-5-4-8-12(13)19-26-28-22(34-19)36-20-15(17(32)18(33)16(31)14(30)10-29)25-27-21(35-20)24-11-6-2-1-3-7-11/h1-9,14-18,20,25,29-33H,10H2,(H,24,27)/t14-,15?,16-,17+,18+,20?/m1/s1. The Morgan fingerprint density at radius 2 is 1.72 bits per heavy atom. The third kappa shape index (κ3) is 6.55. The number of aliphatic imine (C=N–C) groups is 1. The molecule has 6 atom stereocenters. The van der Waals surface area contributed by atoms with Gasteiger partial charge in [-0.05, 0) is 18.2 Å². The number of amidine groups is 1. The molecule has 0 saturated carbocycles. The van der Waals surface area contributed by atoms with Gasteiger partial charge in [0, 0.05) is 5.56 Å². The molecular weight excluding hydrogens is 546 g/mol. The van der Waals surface area contributed by atoms with Crippen LogP contribution >= 0.6 is 46.5 Å². The summed E-state index contributed by atoms with van der Waals surface area (Å²) < 4.78 is 0.108. The second kappa shape index (κ2) is 12.6. The number of aromatic nitrogens is 2. The van der Waals surface area contributed by atoms with Crippen LogP contribution in [-0.4, -0.2) is 82.5 Å². The minimum Gasteiger partial charge on any atom is -0.394 e. The van der Waals surface area contributed by atoms with Crippen molar-refractivity contribution in [3.05, 3.63) is 59.6 Å². The van der Waals surface area contributed by atoms with E-state index in [1.807, 2.05) is 48.5 Å². The molecule has 192 valence electrons. The first-order valence-corrected chi connectivity index (χ1v) is 13.7. The minimum absolute atomic E-state index is 0.483. The lowest BCUT2D eigenvalue weighted by molar-refractivity contribution is -0.121. The molecule has 1 fully saturated rings. The number of para-hydroxylation sites is 1. The number of hydrogen-bond donors (Lipinski definition) is 7. The summed E-state index contributed by atoms with van der Waals surface area (Å²) in [6.45, 7) is -0.766. The van der Waals surface area contributed by atoms with Gasteiger partial charge in [-0.1, -0.05) is 82.9 Å². The largest absolute Gasteiger partial charge is 0.394 e. The highest BCUT2D eigenvalue weighted by Gasteiger charge is 2.42. The predicted molar refractivity (Wildman–Crippen MR) is 142 cm³/mol. The van der Waals surface area contributed by atoms with Gasteiger partial charge in [-0.2, -0.15) is 0 Å². The zero-order chi connectivity index (χ0) is 25.7. The molecule has 0 spiro atoms. The average molecular weight is 570 g/mol. The molecular formula is C22H24ClN5O5S3. The lowest BCUT2D eigenvalue weighted by Crippen LogP contribution is -2.62. The predicted octanol–water partition coefficient (Wildman–Crippen LogP) is 1.61. The van der Waals surface area contributed by atoms with Crippen LogP contribution in [0.2, 0.25) is 5.02 Å². The summed E-state index contributed by atoms with van der Waals surface area (Å²) in [6, 6.07) is 15.8. The molecule has 0 bridgehead atoms. The fourth-order valence-corrected chi connectivity index (χ4v) is 7.39. The Balaban J connectivity index is 1.57. The highest BCUT2D eigenvalue weighted by atomic mass is 35.5. The summed E-state index contributed by atoms with van der Waals surface area (Å²) >= 11 is 10.2. The summed E-state index contributed by atoms with van der Waals surface area (Å²) in [5.41, 5.74) is 7.34. The molecule has 7 N–H and O–H groups in total. The van der Waals surface area contributed by atoms with E-state index in [1.165, 1.54) is 34.9 Å². The minimum atomic E-state index is -1.75. The Kier molecular flexibility index (Phi) is 9.58. The first-order chi connectivity index (χ1) is 17.4. The number of thioether (sulfide) groups is 2. The van der Waals surface area contributed by atoms with Gasteiger partial charge >= 0.3 is 0 Å². The van der Waals surface area contributed by atoms with E-state index in [0.717, 1.165) is 11.3 Å². The first-order valence-electron chi connectivity index (χ1n) is 10.8. The van der Waals surface area contributed by atoms with E-state index >= 15 is 0 Å². The van der Waals surface area contributed by atoms with Crippen molar-refractivity contribution in [1.29, 1.82) is 0 Å². The number of nitrogens with zero attached hydrogens (tertiary/aromatic N) is 3. The average Bonchev–Trinajstić information content (AvgIpc) is 3.36. The van der Waals surface area contributed by atoms with E-state index in [9.17, 15) is 20.4 Å². The van der Waals surface area contributed by atoms with Gasteiger partial charge in [-0.15, -0.1) is 10.2 Å². The summed E-state index contributed by atoms with van der Waals surface area (Å²) in [4.78, 5) is 4.57. The number of nitrogens with one attached hydrogen (secondary N) is 2. The van der Waals surface area contributed by atoms with Crippen molar-refractivity contribution in [3.8, 4) is 10.6 Å². The second-order valence-electron chi connectivity index (χ2n) is 7.73. The van der Waals surface area contributed by atoms with Gasteiger partial charge in [0.05, 0.1) is 27.9 Å². The van der Waals surface area contributed by atoms with Crippen molar-refractivity contribution < 1.29 is 25.5 Å². The van der Waals surface area contributed by atoms with E-state index in [0.29, 0.717) is 19.5 Å². The van der Waals surface area contributed by atoms with E-state index in [2.05, 4.69) is 26.0 Å². The fourth-order valence-electron chi connectivity index (χ4n) is 3.29. The zero-order valence-electron chi connectivity index (χ0n) is 18.5. The Morgan fingerprint density at radius 3 is 2.44 bits per heavy atom. The molecule has 0 amide bonds. The molecule has 36 heavy (non-hydrogen) atoms. The summed E-state index contributed by atoms with van der Waals surface area (Å²) in [5.74, 6) is 0. The Hall–Kier alpha value is -1.78. The van der Waals surface area contributed by atoms with Crippen molar-refractivity contribution >= 4 is 57.3 Å². The molecule has 4 rings (SSSR count). The van der Waals surface area contributed by atoms with Gasteiger partial charge in [-0.25, -0.2) is 10.4 Å². The van der Waals surface area contributed by atoms with Crippen LogP contribution in [0, 0.1) is 0 Å². The smallest absolute Gasteiger partial charge is 0.177 e. The Bertz CT molecular complexity index is 1170. The summed E-state index contributed by atoms with van der Waals surface area (Å²) in [7, 11) is 0. The molecule has 2 aromatic carbocycles. The van der Waals surface area contributed by atoms with Crippen LogP contribution < -0.4 is 10.9 Å². The number of halogens is 1. The third-order valence-corrected chi connectivity index (χ3v) is 9.18. The van der Waals surface area contributed by atoms with Crippen molar-refractivity contribution in [2.45, 2.75) is 39.4 Å². The molecule has 2 unspecified atom stereocenters. The van der Waals surface area contributed by atoms with Crippen LogP contribution in [0.1, 0.15) is 0 Å². The number of benzene rings is 2. The molecule has 10 nitrogen and oxygen atoms in total. The molecule has 0 aliphatic carbocycles. The third-order valence-electron chi connectivity index (χ3n) is 5.23. The molecule has 1 aliphatic heterocycles. The van der Waals surface area contributed by atoms with E-state index in [-0.39, 0.29) is 0 Å². The molecule has 0 radical (unpaired) electrons. The molecule has 1 saturated heterocycles. The van der Waals surface area contributed by atoms with Crippen LogP contribution in [0.5, 0.6) is 0 Å². The molecule has 3 aromatic rings. The van der Waals surface area contributed by atoms with E-state index < -0.39 is 41.6 Å². The SMILES string of the molecule is OC[C@@H](O)[C@@H](O)[C@H](O)[C@@H](O)C1NNC(=Nc2ccccc2)SC1Sc1nnc(-c2ccccc2Cl)s1. The van der Waals surface area contributed by atoms with Crippen LogP contribution in [-0.2, 0) is 0 Å². The normalized spacial score (nSPS) is 22.6. The number of rotatable bonds is 9. The zero-order valence-corrected chi connectivity index (χ0v) is 21.8. The topological polar surface area (TPSA) is 163 Å².